The van der Waals surface area contributed by atoms with Crippen LogP contribution in [0.25, 0.3) is 0 Å². The molecule has 6 heteroatoms. The van der Waals surface area contributed by atoms with Crippen LogP contribution in [0.4, 0.5) is 4.79 Å². The quantitative estimate of drug-likeness (QED) is 0.757. The standard InChI is InChI=1S/C21H38N2O4/c1-16(26-15-17-11-7-5-8-12-17)18(22-20(25)27-21(2,3)4)19(24)23-13-9-6-10-14-23/h16-18H,5-15H2,1-4H3,(H,22,25)/t16-,18+/m1/s1. The largest absolute Gasteiger partial charge is 0.444 e. The Morgan fingerprint density at radius 3 is 2.22 bits per heavy atom. The third-order valence-electron chi connectivity index (χ3n) is 5.40. The predicted octanol–water partition coefficient (Wildman–Crippen LogP) is 3.88. The molecule has 0 aromatic rings. The van der Waals surface area contributed by atoms with Gasteiger partial charge < -0.3 is 19.7 Å². The summed E-state index contributed by atoms with van der Waals surface area (Å²) in [4.78, 5) is 27.2. The molecule has 1 aliphatic carbocycles. The van der Waals surface area contributed by atoms with Crippen LogP contribution in [-0.4, -0.2) is 54.3 Å². The van der Waals surface area contributed by atoms with Crippen molar-refractivity contribution in [3.05, 3.63) is 0 Å². The molecule has 1 heterocycles. The van der Waals surface area contributed by atoms with E-state index in [1.54, 1.807) is 0 Å². The summed E-state index contributed by atoms with van der Waals surface area (Å²) >= 11 is 0. The highest BCUT2D eigenvalue weighted by Crippen LogP contribution is 2.24. The number of likely N-dealkylation sites (tertiary alicyclic amines) is 1. The molecule has 6 nitrogen and oxygen atoms in total. The normalized spacial score (nSPS) is 21.4. The lowest BCUT2D eigenvalue weighted by atomic mass is 9.90. The maximum Gasteiger partial charge on any atom is 0.408 e. The molecule has 1 saturated heterocycles. The number of ether oxygens (including phenoxy) is 2. The average molecular weight is 383 g/mol. The number of piperidine rings is 1. The van der Waals surface area contributed by atoms with Gasteiger partial charge in [-0.05, 0) is 65.7 Å². The number of alkyl carbamates (subject to hydrolysis) is 1. The molecule has 2 rings (SSSR count). The zero-order valence-corrected chi connectivity index (χ0v) is 17.6. The fourth-order valence-electron chi connectivity index (χ4n) is 3.86. The Morgan fingerprint density at radius 2 is 1.63 bits per heavy atom. The lowest BCUT2D eigenvalue weighted by molar-refractivity contribution is -0.138. The second-order valence-electron chi connectivity index (χ2n) is 9.05. The first-order valence-corrected chi connectivity index (χ1v) is 10.7. The van der Waals surface area contributed by atoms with Gasteiger partial charge in [0.25, 0.3) is 0 Å². The van der Waals surface area contributed by atoms with E-state index >= 15 is 0 Å². The molecule has 1 aliphatic heterocycles. The minimum Gasteiger partial charge on any atom is -0.444 e. The second-order valence-corrected chi connectivity index (χ2v) is 9.05. The van der Waals surface area contributed by atoms with Crippen molar-refractivity contribution in [2.24, 2.45) is 5.92 Å². The van der Waals surface area contributed by atoms with Gasteiger partial charge in [-0.2, -0.15) is 0 Å². The molecule has 2 fully saturated rings. The van der Waals surface area contributed by atoms with Crippen molar-refractivity contribution < 1.29 is 19.1 Å². The van der Waals surface area contributed by atoms with Crippen molar-refractivity contribution >= 4 is 12.0 Å². The number of hydrogen-bond donors (Lipinski definition) is 1. The fraction of sp³-hybridized carbons (Fsp3) is 0.905. The Balaban J connectivity index is 1.97. The van der Waals surface area contributed by atoms with E-state index in [0.717, 1.165) is 32.4 Å². The maximum absolute atomic E-state index is 13.1. The first-order chi connectivity index (χ1) is 12.8. The van der Waals surface area contributed by atoms with Crippen LogP contribution in [0.5, 0.6) is 0 Å². The van der Waals surface area contributed by atoms with E-state index in [1.807, 2.05) is 32.6 Å². The zero-order chi connectivity index (χ0) is 19.9. The first kappa shape index (κ1) is 22.0. The Labute approximate surface area is 164 Å². The third-order valence-corrected chi connectivity index (χ3v) is 5.40. The molecule has 0 spiro atoms. The minimum absolute atomic E-state index is 0.0586. The lowest BCUT2D eigenvalue weighted by Crippen LogP contribution is -2.56. The van der Waals surface area contributed by atoms with Gasteiger partial charge in [0.1, 0.15) is 11.6 Å². The molecular formula is C21H38N2O4. The van der Waals surface area contributed by atoms with Crippen molar-refractivity contribution in [1.29, 1.82) is 0 Å². The molecule has 0 bridgehead atoms. The van der Waals surface area contributed by atoms with Crippen LogP contribution in [0, 0.1) is 5.92 Å². The number of amides is 2. The van der Waals surface area contributed by atoms with Gasteiger partial charge in [0, 0.05) is 19.7 Å². The van der Waals surface area contributed by atoms with Gasteiger partial charge in [-0.3, -0.25) is 4.79 Å². The topological polar surface area (TPSA) is 67.9 Å². The van der Waals surface area contributed by atoms with E-state index in [0.29, 0.717) is 12.5 Å². The fourth-order valence-corrected chi connectivity index (χ4v) is 3.86. The molecule has 2 aliphatic rings. The van der Waals surface area contributed by atoms with Crippen molar-refractivity contribution in [3.63, 3.8) is 0 Å². The number of rotatable bonds is 6. The summed E-state index contributed by atoms with van der Waals surface area (Å²) in [6, 6.07) is -0.707. The zero-order valence-electron chi connectivity index (χ0n) is 17.6. The number of hydrogen-bond acceptors (Lipinski definition) is 4. The van der Waals surface area contributed by atoms with Crippen LogP contribution in [-0.2, 0) is 14.3 Å². The second kappa shape index (κ2) is 10.3. The van der Waals surface area contributed by atoms with E-state index in [4.69, 9.17) is 9.47 Å². The minimum atomic E-state index is -0.707. The Morgan fingerprint density at radius 1 is 1.04 bits per heavy atom. The Kier molecular flexibility index (Phi) is 8.39. The summed E-state index contributed by atoms with van der Waals surface area (Å²) in [7, 11) is 0. The Bertz CT molecular complexity index is 477. The Hall–Kier alpha value is -1.30. The molecule has 27 heavy (non-hydrogen) atoms. The molecule has 156 valence electrons. The van der Waals surface area contributed by atoms with E-state index in [9.17, 15) is 9.59 Å². The number of nitrogens with zero attached hydrogens (tertiary/aromatic N) is 1. The molecule has 2 amide bonds. The van der Waals surface area contributed by atoms with E-state index in [2.05, 4.69) is 5.32 Å². The van der Waals surface area contributed by atoms with Crippen molar-refractivity contribution in [3.8, 4) is 0 Å². The van der Waals surface area contributed by atoms with Crippen LogP contribution in [0.3, 0.4) is 0 Å². The predicted molar refractivity (Wildman–Crippen MR) is 106 cm³/mol. The maximum atomic E-state index is 13.1. The monoisotopic (exact) mass is 382 g/mol. The summed E-state index contributed by atoms with van der Waals surface area (Å²) in [5.74, 6) is 0.505. The summed E-state index contributed by atoms with van der Waals surface area (Å²) < 4.78 is 11.4. The highest BCUT2D eigenvalue weighted by Gasteiger charge is 2.33. The number of nitrogens with one attached hydrogen (secondary N) is 1. The van der Waals surface area contributed by atoms with Crippen molar-refractivity contribution in [2.75, 3.05) is 19.7 Å². The molecule has 0 radical (unpaired) electrons. The molecule has 2 atom stereocenters. The molecule has 1 saturated carbocycles. The van der Waals surface area contributed by atoms with Gasteiger partial charge in [-0.15, -0.1) is 0 Å². The summed E-state index contributed by atoms with van der Waals surface area (Å²) in [6.45, 7) is 9.49. The lowest BCUT2D eigenvalue weighted by Gasteiger charge is -2.34. The summed E-state index contributed by atoms with van der Waals surface area (Å²) in [5, 5.41) is 2.78. The third kappa shape index (κ3) is 7.68. The van der Waals surface area contributed by atoms with Crippen molar-refractivity contribution in [1.82, 2.24) is 10.2 Å². The van der Waals surface area contributed by atoms with Crippen LogP contribution in [0.15, 0.2) is 0 Å². The smallest absolute Gasteiger partial charge is 0.408 e. The number of carbonyl (C=O) groups excluding carboxylic acids is 2. The average Bonchev–Trinajstić information content (AvgIpc) is 2.64. The van der Waals surface area contributed by atoms with Gasteiger partial charge in [-0.1, -0.05) is 19.3 Å². The molecular weight excluding hydrogens is 344 g/mol. The van der Waals surface area contributed by atoms with Crippen LogP contribution >= 0.6 is 0 Å². The van der Waals surface area contributed by atoms with Crippen LogP contribution in [0.1, 0.15) is 79.1 Å². The van der Waals surface area contributed by atoms with Gasteiger partial charge in [0.05, 0.1) is 6.10 Å². The van der Waals surface area contributed by atoms with Gasteiger partial charge in [0.2, 0.25) is 5.91 Å². The molecule has 0 unspecified atom stereocenters. The summed E-state index contributed by atoms with van der Waals surface area (Å²) in [5.41, 5.74) is -0.602. The molecule has 0 aromatic carbocycles. The van der Waals surface area contributed by atoms with Gasteiger partial charge in [-0.25, -0.2) is 4.79 Å². The number of carbonyl (C=O) groups is 2. The van der Waals surface area contributed by atoms with Crippen molar-refractivity contribution in [2.45, 2.75) is 96.8 Å². The first-order valence-electron chi connectivity index (χ1n) is 10.7. The van der Waals surface area contributed by atoms with Gasteiger partial charge >= 0.3 is 6.09 Å². The van der Waals surface area contributed by atoms with Gasteiger partial charge in [0.15, 0.2) is 0 Å². The highest BCUT2D eigenvalue weighted by atomic mass is 16.6. The van der Waals surface area contributed by atoms with Crippen LogP contribution < -0.4 is 5.32 Å². The summed E-state index contributed by atoms with van der Waals surface area (Å²) in [6.07, 6.45) is 8.45. The molecule has 0 aromatic heterocycles. The SMILES string of the molecule is C[C@@H](OCC1CCCCC1)[C@H](NC(=O)OC(C)(C)C)C(=O)N1CCCCC1. The molecule has 1 N–H and O–H groups in total. The van der Waals surface area contributed by atoms with E-state index in [-0.39, 0.29) is 12.0 Å². The highest BCUT2D eigenvalue weighted by molar-refractivity contribution is 5.86. The van der Waals surface area contributed by atoms with Crippen LogP contribution in [0.2, 0.25) is 0 Å². The van der Waals surface area contributed by atoms with E-state index in [1.165, 1.54) is 32.1 Å². The van der Waals surface area contributed by atoms with E-state index < -0.39 is 17.7 Å².